The van der Waals surface area contributed by atoms with E-state index in [4.69, 9.17) is 4.74 Å². The van der Waals surface area contributed by atoms with E-state index in [9.17, 15) is 19.2 Å². The Morgan fingerprint density at radius 2 is 1.89 bits per heavy atom. The van der Waals surface area contributed by atoms with Crippen LogP contribution in [0, 0.1) is 0 Å². The van der Waals surface area contributed by atoms with E-state index in [1.165, 1.54) is 25.2 Å². The molecule has 1 atom stereocenters. The first-order valence-electron chi connectivity index (χ1n) is 8.22. The highest BCUT2D eigenvalue weighted by atomic mass is 32.1. The molecule has 1 aromatic heterocycles. The van der Waals surface area contributed by atoms with E-state index in [0.29, 0.717) is 11.3 Å². The minimum atomic E-state index is -0.602. The maximum absolute atomic E-state index is 12.0. The Hall–Kier alpha value is -3.00. The fraction of sp³-hybridized carbons (Fsp3) is 0.263. The van der Waals surface area contributed by atoms with Crippen molar-refractivity contribution in [2.45, 2.75) is 26.3 Å². The Morgan fingerprint density at radius 3 is 2.52 bits per heavy atom. The average molecular weight is 388 g/mol. The van der Waals surface area contributed by atoms with Crippen molar-refractivity contribution in [3.63, 3.8) is 0 Å². The standard InChI is InChI=1S/C19H20N2O5S/c1-12(22)14-5-3-6-15(9-14)21-18(24)11-26-19(25)10-16(20-13(2)23)17-7-4-8-27-17/h3-9,16H,10-11H2,1-2H3,(H,20,23)(H,21,24). The Morgan fingerprint density at radius 1 is 1.11 bits per heavy atom. The van der Waals surface area contributed by atoms with Crippen molar-refractivity contribution in [1.82, 2.24) is 5.32 Å². The van der Waals surface area contributed by atoms with Gasteiger partial charge in [0.25, 0.3) is 5.91 Å². The van der Waals surface area contributed by atoms with Gasteiger partial charge >= 0.3 is 5.97 Å². The third-order valence-electron chi connectivity index (χ3n) is 3.55. The van der Waals surface area contributed by atoms with Crippen LogP contribution >= 0.6 is 11.3 Å². The van der Waals surface area contributed by atoms with Gasteiger partial charge < -0.3 is 15.4 Å². The van der Waals surface area contributed by atoms with Crippen molar-refractivity contribution in [2.24, 2.45) is 0 Å². The number of Topliss-reactive ketones (excluding diaryl/α,β-unsaturated/α-hetero) is 1. The molecule has 0 aliphatic rings. The lowest BCUT2D eigenvalue weighted by Gasteiger charge is -2.15. The summed E-state index contributed by atoms with van der Waals surface area (Å²) in [5, 5.41) is 7.11. The van der Waals surface area contributed by atoms with Crippen LogP contribution in [0.25, 0.3) is 0 Å². The number of hydrogen-bond acceptors (Lipinski definition) is 6. The van der Waals surface area contributed by atoms with Crippen LogP contribution in [0.15, 0.2) is 41.8 Å². The summed E-state index contributed by atoms with van der Waals surface area (Å²) in [7, 11) is 0. The van der Waals surface area contributed by atoms with Gasteiger partial charge in [-0.3, -0.25) is 19.2 Å². The highest BCUT2D eigenvalue weighted by Gasteiger charge is 2.19. The van der Waals surface area contributed by atoms with E-state index in [1.54, 1.807) is 24.3 Å². The van der Waals surface area contributed by atoms with E-state index in [1.807, 2.05) is 17.5 Å². The van der Waals surface area contributed by atoms with Gasteiger partial charge in [0, 0.05) is 23.1 Å². The molecule has 2 amide bonds. The average Bonchev–Trinajstić information content (AvgIpc) is 3.14. The summed E-state index contributed by atoms with van der Waals surface area (Å²) in [4.78, 5) is 47.5. The van der Waals surface area contributed by atoms with Crippen LogP contribution in [0.4, 0.5) is 5.69 Å². The molecular formula is C19H20N2O5S. The van der Waals surface area contributed by atoms with Crippen LogP contribution in [0.3, 0.4) is 0 Å². The quantitative estimate of drug-likeness (QED) is 0.535. The number of anilines is 1. The van der Waals surface area contributed by atoms with Crippen molar-refractivity contribution < 1.29 is 23.9 Å². The number of ether oxygens (including phenoxy) is 1. The van der Waals surface area contributed by atoms with Crippen LogP contribution in [-0.2, 0) is 19.1 Å². The summed E-state index contributed by atoms with van der Waals surface area (Å²) in [6.07, 6.45) is -0.0762. The first-order valence-corrected chi connectivity index (χ1v) is 9.10. The maximum Gasteiger partial charge on any atom is 0.308 e. The third-order valence-corrected chi connectivity index (χ3v) is 4.54. The van der Waals surface area contributed by atoms with Crippen molar-refractivity contribution >= 4 is 40.6 Å². The zero-order valence-electron chi connectivity index (χ0n) is 15.0. The maximum atomic E-state index is 12.0. The minimum Gasteiger partial charge on any atom is -0.455 e. The second-order valence-corrected chi connectivity index (χ2v) is 6.80. The van der Waals surface area contributed by atoms with Crippen molar-refractivity contribution in [3.8, 4) is 0 Å². The molecule has 2 N–H and O–H groups in total. The minimum absolute atomic E-state index is 0.0762. The zero-order chi connectivity index (χ0) is 19.8. The van der Waals surface area contributed by atoms with E-state index in [0.717, 1.165) is 4.88 Å². The predicted octanol–water partition coefficient (Wildman–Crippen LogP) is 2.70. The lowest BCUT2D eigenvalue weighted by atomic mass is 10.1. The van der Waals surface area contributed by atoms with Gasteiger partial charge in [0.1, 0.15) is 0 Å². The molecular weight excluding hydrogens is 368 g/mol. The number of thiophene rings is 1. The molecule has 0 bridgehead atoms. The van der Waals surface area contributed by atoms with E-state index in [-0.39, 0.29) is 18.1 Å². The van der Waals surface area contributed by atoms with E-state index in [2.05, 4.69) is 10.6 Å². The fourth-order valence-electron chi connectivity index (χ4n) is 2.34. The number of ketones is 1. The molecule has 2 rings (SSSR count). The van der Waals surface area contributed by atoms with Gasteiger partial charge in [0.15, 0.2) is 12.4 Å². The second-order valence-electron chi connectivity index (χ2n) is 5.82. The molecule has 1 heterocycles. The van der Waals surface area contributed by atoms with Crippen LogP contribution in [0.5, 0.6) is 0 Å². The normalized spacial score (nSPS) is 11.3. The zero-order valence-corrected chi connectivity index (χ0v) is 15.8. The van der Waals surface area contributed by atoms with E-state index < -0.39 is 24.5 Å². The molecule has 142 valence electrons. The summed E-state index contributed by atoms with van der Waals surface area (Å²) in [5.74, 6) is -1.49. The first-order chi connectivity index (χ1) is 12.8. The van der Waals surface area contributed by atoms with Crippen molar-refractivity contribution in [1.29, 1.82) is 0 Å². The van der Waals surface area contributed by atoms with Crippen LogP contribution in [0.1, 0.15) is 41.5 Å². The number of hydrogen-bond donors (Lipinski definition) is 2. The van der Waals surface area contributed by atoms with Gasteiger partial charge in [0.05, 0.1) is 12.5 Å². The molecule has 0 spiro atoms. The number of carbonyl (C=O) groups excluding carboxylic acids is 4. The molecule has 7 nitrogen and oxygen atoms in total. The Bertz CT molecular complexity index is 832. The van der Waals surface area contributed by atoms with Crippen molar-refractivity contribution in [2.75, 3.05) is 11.9 Å². The monoisotopic (exact) mass is 388 g/mol. The summed E-state index contributed by atoms with van der Waals surface area (Å²) in [6, 6.07) is 9.62. The molecule has 27 heavy (non-hydrogen) atoms. The number of nitrogens with one attached hydrogen (secondary N) is 2. The molecule has 0 aliphatic carbocycles. The number of benzene rings is 1. The van der Waals surface area contributed by atoms with Gasteiger partial charge in [-0.25, -0.2) is 0 Å². The predicted molar refractivity (Wildman–Crippen MR) is 102 cm³/mol. The Kier molecular flexibility index (Phi) is 7.25. The number of rotatable bonds is 8. The molecule has 1 unspecified atom stereocenters. The second kappa shape index (κ2) is 9.63. The molecule has 0 aliphatic heterocycles. The van der Waals surface area contributed by atoms with E-state index >= 15 is 0 Å². The third kappa shape index (κ3) is 6.67. The first kappa shape index (κ1) is 20.3. The largest absolute Gasteiger partial charge is 0.455 e. The fourth-order valence-corrected chi connectivity index (χ4v) is 3.12. The molecule has 8 heteroatoms. The SMILES string of the molecule is CC(=O)NC(CC(=O)OCC(=O)Nc1cccc(C(C)=O)c1)c1cccs1. The van der Waals surface area contributed by atoms with Gasteiger partial charge in [0.2, 0.25) is 5.91 Å². The summed E-state index contributed by atoms with van der Waals surface area (Å²) >= 11 is 1.42. The van der Waals surface area contributed by atoms with Crippen molar-refractivity contribution in [3.05, 3.63) is 52.2 Å². The number of esters is 1. The highest BCUT2D eigenvalue weighted by molar-refractivity contribution is 7.10. The summed E-state index contributed by atoms with van der Waals surface area (Å²) in [5.41, 5.74) is 0.914. The Labute approximate surface area is 160 Å². The molecule has 1 aromatic carbocycles. The van der Waals surface area contributed by atoms with Gasteiger partial charge in [-0.05, 0) is 30.5 Å². The van der Waals surface area contributed by atoms with Crippen LogP contribution in [-0.4, -0.2) is 30.2 Å². The Balaban J connectivity index is 1.86. The van der Waals surface area contributed by atoms with Crippen LogP contribution < -0.4 is 10.6 Å². The van der Waals surface area contributed by atoms with Gasteiger partial charge in [-0.2, -0.15) is 0 Å². The number of amides is 2. The smallest absolute Gasteiger partial charge is 0.308 e. The molecule has 0 saturated carbocycles. The molecule has 0 radical (unpaired) electrons. The summed E-state index contributed by atoms with van der Waals surface area (Å²) < 4.78 is 5.00. The molecule has 0 saturated heterocycles. The molecule has 2 aromatic rings. The summed E-state index contributed by atoms with van der Waals surface area (Å²) in [6.45, 7) is 2.34. The van der Waals surface area contributed by atoms with Crippen LogP contribution in [0.2, 0.25) is 0 Å². The topological polar surface area (TPSA) is 102 Å². The van der Waals surface area contributed by atoms with Gasteiger partial charge in [-0.1, -0.05) is 18.2 Å². The number of carbonyl (C=O) groups is 4. The lowest BCUT2D eigenvalue weighted by molar-refractivity contribution is -0.147. The molecule has 0 fully saturated rings. The highest BCUT2D eigenvalue weighted by Crippen LogP contribution is 2.22. The van der Waals surface area contributed by atoms with Gasteiger partial charge in [-0.15, -0.1) is 11.3 Å². The lowest BCUT2D eigenvalue weighted by Crippen LogP contribution is -2.29.